The second-order valence-corrected chi connectivity index (χ2v) is 4.34. The van der Waals surface area contributed by atoms with Gasteiger partial charge in [0.1, 0.15) is 0 Å². The Morgan fingerprint density at radius 2 is 2.29 bits per heavy atom. The van der Waals surface area contributed by atoms with Crippen LogP contribution in [0.1, 0.15) is 26.7 Å². The van der Waals surface area contributed by atoms with Crippen molar-refractivity contribution < 1.29 is 5.11 Å². The standard InChI is InChI=1S/C11H24N2O/c1-3-12-6-4-7-13-8-5-11(14)10(2)9-13/h10-12,14H,3-9H2,1-2H3. The van der Waals surface area contributed by atoms with Gasteiger partial charge in [-0.3, -0.25) is 0 Å². The van der Waals surface area contributed by atoms with Crippen molar-refractivity contribution in [2.45, 2.75) is 32.8 Å². The van der Waals surface area contributed by atoms with Crippen LogP contribution in [0.3, 0.4) is 0 Å². The highest BCUT2D eigenvalue weighted by molar-refractivity contribution is 4.76. The lowest BCUT2D eigenvalue weighted by Gasteiger charge is -2.34. The summed E-state index contributed by atoms with van der Waals surface area (Å²) in [4.78, 5) is 2.47. The van der Waals surface area contributed by atoms with Gasteiger partial charge in [0.05, 0.1) is 6.10 Å². The largest absolute Gasteiger partial charge is 0.393 e. The lowest BCUT2D eigenvalue weighted by Crippen LogP contribution is -2.42. The molecule has 0 aromatic rings. The summed E-state index contributed by atoms with van der Waals surface area (Å²) < 4.78 is 0. The van der Waals surface area contributed by atoms with Crippen molar-refractivity contribution in [2.75, 3.05) is 32.7 Å². The van der Waals surface area contributed by atoms with E-state index in [1.807, 2.05) is 0 Å². The fourth-order valence-corrected chi connectivity index (χ4v) is 2.03. The van der Waals surface area contributed by atoms with E-state index in [4.69, 9.17) is 0 Å². The summed E-state index contributed by atoms with van der Waals surface area (Å²) in [6, 6.07) is 0. The van der Waals surface area contributed by atoms with Crippen molar-refractivity contribution in [1.29, 1.82) is 0 Å². The molecular weight excluding hydrogens is 176 g/mol. The first-order valence-corrected chi connectivity index (χ1v) is 5.85. The van der Waals surface area contributed by atoms with Crippen molar-refractivity contribution >= 4 is 0 Å². The molecule has 3 heteroatoms. The molecule has 3 nitrogen and oxygen atoms in total. The van der Waals surface area contributed by atoms with Gasteiger partial charge < -0.3 is 15.3 Å². The first-order chi connectivity index (χ1) is 6.74. The lowest BCUT2D eigenvalue weighted by atomic mass is 9.97. The highest BCUT2D eigenvalue weighted by atomic mass is 16.3. The van der Waals surface area contributed by atoms with E-state index >= 15 is 0 Å². The van der Waals surface area contributed by atoms with Crippen molar-refractivity contribution in [3.8, 4) is 0 Å². The molecule has 1 saturated heterocycles. The van der Waals surface area contributed by atoms with Gasteiger partial charge in [-0.05, 0) is 38.4 Å². The Balaban J connectivity index is 2.07. The minimum atomic E-state index is -0.0694. The van der Waals surface area contributed by atoms with Gasteiger partial charge in [0.2, 0.25) is 0 Å². The van der Waals surface area contributed by atoms with Crippen LogP contribution in [0.4, 0.5) is 0 Å². The molecule has 0 aliphatic carbocycles. The lowest BCUT2D eigenvalue weighted by molar-refractivity contribution is 0.0348. The van der Waals surface area contributed by atoms with Gasteiger partial charge in [0, 0.05) is 13.1 Å². The van der Waals surface area contributed by atoms with Crippen molar-refractivity contribution in [1.82, 2.24) is 10.2 Å². The topological polar surface area (TPSA) is 35.5 Å². The SMILES string of the molecule is CCNCCCN1CCC(O)C(C)C1. The molecule has 1 heterocycles. The van der Waals surface area contributed by atoms with Gasteiger partial charge in [-0.15, -0.1) is 0 Å². The van der Waals surface area contributed by atoms with Gasteiger partial charge in [0.25, 0.3) is 0 Å². The van der Waals surface area contributed by atoms with E-state index < -0.39 is 0 Å². The Hall–Kier alpha value is -0.120. The van der Waals surface area contributed by atoms with Crippen molar-refractivity contribution in [2.24, 2.45) is 5.92 Å². The summed E-state index contributed by atoms with van der Waals surface area (Å²) in [5, 5.41) is 12.9. The second kappa shape index (κ2) is 6.38. The van der Waals surface area contributed by atoms with Crippen LogP contribution in [0.2, 0.25) is 0 Å². The zero-order valence-corrected chi connectivity index (χ0v) is 9.50. The third kappa shape index (κ3) is 3.95. The Morgan fingerprint density at radius 3 is 2.93 bits per heavy atom. The highest BCUT2D eigenvalue weighted by Gasteiger charge is 2.23. The molecule has 84 valence electrons. The number of nitrogens with one attached hydrogen (secondary N) is 1. The molecule has 0 saturated carbocycles. The van der Waals surface area contributed by atoms with Crippen LogP contribution in [-0.2, 0) is 0 Å². The fraction of sp³-hybridized carbons (Fsp3) is 1.00. The second-order valence-electron chi connectivity index (χ2n) is 4.34. The number of aliphatic hydroxyl groups is 1. The van der Waals surface area contributed by atoms with Crippen LogP contribution in [0.15, 0.2) is 0 Å². The number of hydrogen-bond acceptors (Lipinski definition) is 3. The van der Waals surface area contributed by atoms with Crippen LogP contribution in [0.25, 0.3) is 0 Å². The maximum atomic E-state index is 9.57. The van der Waals surface area contributed by atoms with Crippen LogP contribution < -0.4 is 5.32 Å². The van der Waals surface area contributed by atoms with E-state index in [0.717, 1.165) is 32.6 Å². The Labute approximate surface area is 87.5 Å². The summed E-state index contributed by atoms with van der Waals surface area (Å²) in [6.45, 7) is 9.76. The molecule has 2 unspecified atom stereocenters. The summed E-state index contributed by atoms with van der Waals surface area (Å²) in [7, 11) is 0. The molecule has 1 rings (SSSR count). The summed E-state index contributed by atoms with van der Waals surface area (Å²) in [6.07, 6.45) is 2.10. The van der Waals surface area contributed by atoms with Gasteiger partial charge in [0.15, 0.2) is 0 Å². The van der Waals surface area contributed by atoms with Gasteiger partial charge in [-0.25, -0.2) is 0 Å². The van der Waals surface area contributed by atoms with E-state index in [-0.39, 0.29) is 6.10 Å². The third-order valence-corrected chi connectivity index (χ3v) is 3.02. The number of likely N-dealkylation sites (tertiary alicyclic amines) is 1. The Bertz CT molecular complexity index is 152. The van der Waals surface area contributed by atoms with E-state index in [0.29, 0.717) is 5.92 Å². The molecule has 2 atom stereocenters. The number of hydrogen-bond donors (Lipinski definition) is 2. The number of rotatable bonds is 5. The highest BCUT2D eigenvalue weighted by Crippen LogP contribution is 2.16. The normalized spacial score (nSPS) is 29.4. The quantitative estimate of drug-likeness (QED) is 0.641. The molecule has 14 heavy (non-hydrogen) atoms. The van der Waals surface area contributed by atoms with E-state index in [1.165, 1.54) is 13.0 Å². The minimum Gasteiger partial charge on any atom is -0.393 e. The smallest absolute Gasteiger partial charge is 0.0590 e. The fourth-order valence-electron chi connectivity index (χ4n) is 2.03. The predicted octanol–water partition coefficient (Wildman–Crippen LogP) is 0.689. The molecule has 1 aliphatic heterocycles. The Kier molecular flexibility index (Phi) is 5.45. The molecule has 2 N–H and O–H groups in total. The zero-order valence-electron chi connectivity index (χ0n) is 9.50. The van der Waals surface area contributed by atoms with Gasteiger partial charge >= 0.3 is 0 Å². The predicted molar refractivity (Wildman–Crippen MR) is 59.4 cm³/mol. The maximum Gasteiger partial charge on any atom is 0.0590 e. The summed E-state index contributed by atoms with van der Waals surface area (Å²) >= 11 is 0. The van der Waals surface area contributed by atoms with Crippen LogP contribution >= 0.6 is 0 Å². The molecule has 0 amide bonds. The Morgan fingerprint density at radius 1 is 1.50 bits per heavy atom. The van der Waals surface area contributed by atoms with Crippen LogP contribution in [-0.4, -0.2) is 48.8 Å². The molecule has 0 radical (unpaired) electrons. The zero-order chi connectivity index (χ0) is 10.4. The van der Waals surface area contributed by atoms with Crippen molar-refractivity contribution in [3.05, 3.63) is 0 Å². The monoisotopic (exact) mass is 200 g/mol. The molecule has 0 bridgehead atoms. The summed E-state index contributed by atoms with van der Waals surface area (Å²) in [5.74, 6) is 0.447. The molecule has 0 aromatic carbocycles. The first-order valence-electron chi connectivity index (χ1n) is 5.85. The molecular formula is C11H24N2O. The molecule has 1 fully saturated rings. The number of nitrogens with zero attached hydrogens (tertiary/aromatic N) is 1. The average molecular weight is 200 g/mol. The maximum absolute atomic E-state index is 9.57. The number of piperidine rings is 1. The first kappa shape index (κ1) is 12.0. The van der Waals surface area contributed by atoms with E-state index in [1.54, 1.807) is 0 Å². The molecule has 1 aliphatic rings. The third-order valence-electron chi connectivity index (χ3n) is 3.02. The van der Waals surface area contributed by atoms with E-state index in [9.17, 15) is 5.11 Å². The van der Waals surface area contributed by atoms with Gasteiger partial charge in [-0.1, -0.05) is 13.8 Å². The molecule has 0 aromatic heterocycles. The van der Waals surface area contributed by atoms with Crippen molar-refractivity contribution in [3.63, 3.8) is 0 Å². The summed E-state index contributed by atoms with van der Waals surface area (Å²) in [5.41, 5.74) is 0. The molecule has 0 spiro atoms. The number of aliphatic hydroxyl groups excluding tert-OH is 1. The van der Waals surface area contributed by atoms with E-state index in [2.05, 4.69) is 24.1 Å². The van der Waals surface area contributed by atoms with Crippen LogP contribution in [0.5, 0.6) is 0 Å². The average Bonchev–Trinajstić information content (AvgIpc) is 2.18. The van der Waals surface area contributed by atoms with Gasteiger partial charge in [-0.2, -0.15) is 0 Å². The minimum absolute atomic E-state index is 0.0694. The van der Waals surface area contributed by atoms with Crippen LogP contribution in [0, 0.1) is 5.92 Å².